The number of ether oxygens (including phenoxy) is 2. The molecule has 3 nitrogen and oxygen atoms in total. The van der Waals surface area contributed by atoms with Crippen LogP contribution in [-0.4, -0.2) is 12.1 Å². The zero-order valence-corrected chi connectivity index (χ0v) is 6.33. The van der Waals surface area contributed by atoms with E-state index in [9.17, 15) is 0 Å². The number of fused-ring (bicyclic) bond motifs is 1. The van der Waals surface area contributed by atoms with E-state index < -0.39 is 0 Å². The van der Waals surface area contributed by atoms with Crippen molar-refractivity contribution in [1.29, 1.82) is 0 Å². The van der Waals surface area contributed by atoms with Crippen molar-refractivity contribution in [2.24, 2.45) is 0 Å². The van der Waals surface area contributed by atoms with E-state index in [1.54, 1.807) is 7.11 Å². The summed E-state index contributed by atoms with van der Waals surface area (Å²) in [6.45, 7) is 1.30. The largest absolute Gasteiger partial charge is 0.481 e. The average molecular weight is 151 g/mol. The molecule has 2 rings (SSSR count). The molecule has 2 heterocycles. The van der Waals surface area contributed by atoms with Crippen LogP contribution in [0.15, 0.2) is 12.1 Å². The highest BCUT2D eigenvalue weighted by atomic mass is 16.5. The van der Waals surface area contributed by atoms with Crippen molar-refractivity contribution in [3.63, 3.8) is 0 Å². The molecule has 0 N–H and O–H groups in total. The molecule has 1 aromatic rings. The van der Waals surface area contributed by atoms with Crippen LogP contribution in [-0.2, 0) is 18.0 Å². The predicted octanol–water partition coefficient (Wildman–Crippen LogP) is 1.12. The summed E-state index contributed by atoms with van der Waals surface area (Å²) in [7, 11) is 1.62. The van der Waals surface area contributed by atoms with Gasteiger partial charge in [0.1, 0.15) is 0 Å². The molecule has 0 atom stereocenters. The molecule has 0 saturated heterocycles. The molecule has 0 amide bonds. The number of pyridine rings is 1. The number of nitrogens with zero attached hydrogens (tertiary/aromatic N) is 1. The maximum atomic E-state index is 5.20. The molecule has 0 fully saturated rings. The van der Waals surface area contributed by atoms with Gasteiger partial charge in [-0.2, -0.15) is 0 Å². The van der Waals surface area contributed by atoms with E-state index in [1.807, 2.05) is 12.1 Å². The van der Waals surface area contributed by atoms with Gasteiger partial charge in [0, 0.05) is 11.6 Å². The fraction of sp³-hybridized carbons (Fsp3) is 0.375. The van der Waals surface area contributed by atoms with Gasteiger partial charge in [0.15, 0.2) is 0 Å². The summed E-state index contributed by atoms with van der Waals surface area (Å²) in [5.41, 5.74) is 2.18. The van der Waals surface area contributed by atoms with Gasteiger partial charge < -0.3 is 9.47 Å². The van der Waals surface area contributed by atoms with Crippen LogP contribution in [0.1, 0.15) is 11.3 Å². The van der Waals surface area contributed by atoms with E-state index in [1.165, 1.54) is 5.56 Å². The lowest BCUT2D eigenvalue weighted by Gasteiger charge is -1.99. The molecule has 0 saturated carbocycles. The fourth-order valence-corrected chi connectivity index (χ4v) is 1.14. The second kappa shape index (κ2) is 2.51. The molecule has 0 spiro atoms. The third kappa shape index (κ3) is 1.07. The number of hydrogen-bond acceptors (Lipinski definition) is 3. The molecule has 3 heteroatoms. The van der Waals surface area contributed by atoms with E-state index in [0.717, 1.165) is 5.69 Å². The lowest BCUT2D eigenvalue weighted by Crippen LogP contribution is -1.92. The standard InChI is InChI=1S/C8H9NO2/c1-10-8-3-2-6-4-11-5-7(6)9-8/h2-3H,4-5H2,1H3. The number of methoxy groups -OCH3 is 1. The first-order chi connectivity index (χ1) is 5.40. The predicted molar refractivity (Wildman–Crippen MR) is 39.3 cm³/mol. The summed E-state index contributed by atoms with van der Waals surface area (Å²) in [4.78, 5) is 4.22. The van der Waals surface area contributed by atoms with Crippen molar-refractivity contribution < 1.29 is 9.47 Å². The molecule has 11 heavy (non-hydrogen) atoms. The van der Waals surface area contributed by atoms with Crippen molar-refractivity contribution in [2.45, 2.75) is 13.2 Å². The quantitative estimate of drug-likeness (QED) is 0.602. The smallest absolute Gasteiger partial charge is 0.213 e. The fourth-order valence-electron chi connectivity index (χ4n) is 1.14. The van der Waals surface area contributed by atoms with Crippen molar-refractivity contribution >= 4 is 0 Å². The van der Waals surface area contributed by atoms with E-state index in [2.05, 4.69) is 4.98 Å². The molecular formula is C8H9NO2. The normalized spacial score (nSPS) is 14.6. The van der Waals surface area contributed by atoms with Gasteiger partial charge >= 0.3 is 0 Å². The molecular weight excluding hydrogens is 142 g/mol. The first kappa shape index (κ1) is 6.61. The van der Waals surface area contributed by atoms with Crippen LogP contribution < -0.4 is 4.74 Å². The minimum atomic E-state index is 0.618. The van der Waals surface area contributed by atoms with Crippen LogP contribution in [0, 0.1) is 0 Å². The van der Waals surface area contributed by atoms with Gasteiger partial charge in [-0.3, -0.25) is 0 Å². The van der Waals surface area contributed by atoms with Crippen molar-refractivity contribution in [1.82, 2.24) is 4.98 Å². The minimum Gasteiger partial charge on any atom is -0.481 e. The number of rotatable bonds is 1. The van der Waals surface area contributed by atoms with Crippen LogP contribution in [0.4, 0.5) is 0 Å². The van der Waals surface area contributed by atoms with Gasteiger partial charge in [-0.25, -0.2) is 4.98 Å². The van der Waals surface area contributed by atoms with Gasteiger partial charge in [0.25, 0.3) is 0 Å². The highest BCUT2D eigenvalue weighted by Gasteiger charge is 2.12. The highest BCUT2D eigenvalue weighted by molar-refractivity contribution is 5.26. The maximum absolute atomic E-state index is 5.20. The van der Waals surface area contributed by atoms with E-state index in [4.69, 9.17) is 9.47 Å². The molecule has 0 aromatic carbocycles. The Morgan fingerprint density at radius 3 is 3.18 bits per heavy atom. The zero-order chi connectivity index (χ0) is 7.68. The van der Waals surface area contributed by atoms with Crippen molar-refractivity contribution in [3.05, 3.63) is 23.4 Å². The highest BCUT2D eigenvalue weighted by Crippen LogP contribution is 2.19. The van der Waals surface area contributed by atoms with Gasteiger partial charge in [-0.05, 0) is 6.07 Å². The number of aromatic nitrogens is 1. The first-order valence-corrected chi connectivity index (χ1v) is 3.50. The Hall–Kier alpha value is -1.09. The molecule has 1 aromatic heterocycles. The molecule has 0 radical (unpaired) electrons. The summed E-state index contributed by atoms with van der Waals surface area (Å²) >= 11 is 0. The van der Waals surface area contributed by atoms with Crippen molar-refractivity contribution in [2.75, 3.05) is 7.11 Å². The maximum Gasteiger partial charge on any atom is 0.213 e. The lowest BCUT2D eigenvalue weighted by atomic mass is 10.2. The van der Waals surface area contributed by atoms with Crippen LogP contribution in [0.2, 0.25) is 0 Å². The molecule has 0 unspecified atom stereocenters. The molecule has 0 aliphatic carbocycles. The zero-order valence-electron chi connectivity index (χ0n) is 6.33. The topological polar surface area (TPSA) is 31.4 Å². The molecule has 58 valence electrons. The Morgan fingerprint density at radius 2 is 2.36 bits per heavy atom. The Labute approximate surface area is 65.0 Å². The van der Waals surface area contributed by atoms with Crippen LogP contribution in [0.5, 0.6) is 5.88 Å². The Balaban J connectivity index is 2.41. The third-order valence-electron chi connectivity index (χ3n) is 1.75. The third-order valence-corrected chi connectivity index (χ3v) is 1.75. The minimum absolute atomic E-state index is 0.618. The Bertz CT molecular complexity index is 273. The first-order valence-electron chi connectivity index (χ1n) is 3.50. The Kier molecular flexibility index (Phi) is 1.51. The summed E-state index contributed by atoms with van der Waals surface area (Å²) in [6.07, 6.45) is 0. The second-order valence-corrected chi connectivity index (χ2v) is 2.45. The molecule has 0 bridgehead atoms. The summed E-state index contributed by atoms with van der Waals surface area (Å²) in [5.74, 6) is 0.661. The van der Waals surface area contributed by atoms with Gasteiger partial charge in [0.05, 0.1) is 26.0 Å². The Morgan fingerprint density at radius 1 is 1.45 bits per heavy atom. The summed E-state index contributed by atoms with van der Waals surface area (Å²) in [5, 5.41) is 0. The van der Waals surface area contributed by atoms with Crippen molar-refractivity contribution in [3.8, 4) is 5.88 Å². The van der Waals surface area contributed by atoms with E-state index in [0.29, 0.717) is 19.1 Å². The van der Waals surface area contributed by atoms with E-state index >= 15 is 0 Å². The van der Waals surface area contributed by atoms with Gasteiger partial charge in [0.2, 0.25) is 5.88 Å². The van der Waals surface area contributed by atoms with Crippen LogP contribution >= 0.6 is 0 Å². The summed E-state index contributed by atoms with van der Waals surface area (Å²) in [6, 6.07) is 3.85. The van der Waals surface area contributed by atoms with Gasteiger partial charge in [-0.15, -0.1) is 0 Å². The van der Waals surface area contributed by atoms with E-state index in [-0.39, 0.29) is 0 Å². The van der Waals surface area contributed by atoms with Crippen LogP contribution in [0.25, 0.3) is 0 Å². The monoisotopic (exact) mass is 151 g/mol. The lowest BCUT2D eigenvalue weighted by molar-refractivity contribution is 0.133. The SMILES string of the molecule is COc1ccc2c(n1)COC2. The summed E-state index contributed by atoms with van der Waals surface area (Å²) < 4.78 is 10.2. The molecule has 1 aliphatic rings. The van der Waals surface area contributed by atoms with Gasteiger partial charge in [-0.1, -0.05) is 0 Å². The number of hydrogen-bond donors (Lipinski definition) is 0. The average Bonchev–Trinajstić information content (AvgIpc) is 2.50. The molecule has 1 aliphatic heterocycles. The van der Waals surface area contributed by atoms with Crippen LogP contribution in [0.3, 0.4) is 0 Å². The second-order valence-electron chi connectivity index (χ2n) is 2.45.